The van der Waals surface area contributed by atoms with Gasteiger partial charge in [-0.15, -0.1) is 0 Å². The van der Waals surface area contributed by atoms with Gasteiger partial charge in [-0.1, -0.05) is 18.2 Å². The highest BCUT2D eigenvalue weighted by Gasteiger charge is 2.45. The third-order valence-corrected chi connectivity index (χ3v) is 8.09. The highest BCUT2D eigenvalue weighted by atomic mass is 16.8. The van der Waals surface area contributed by atoms with E-state index in [1.165, 1.54) is 0 Å². The Hall–Kier alpha value is -4.06. The van der Waals surface area contributed by atoms with Gasteiger partial charge in [-0.2, -0.15) is 0 Å². The summed E-state index contributed by atoms with van der Waals surface area (Å²) in [6.45, 7) is 8.00. The lowest BCUT2D eigenvalue weighted by atomic mass is 9.99. The number of nitro groups is 1. The smallest absolute Gasteiger partial charge is 0.294 e. The number of nitrogens with one attached hydrogen (secondary N) is 1. The molecule has 1 N–H and O–H groups in total. The maximum atomic E-state index is 12.1. The van der Waals surface area contributed by atoms with Crippen LogP contribution in [0, 0.1) is 17.0 Å². The molecule has 11 nitrogen and oxygen atoms in total. The first-order valence-electron chi connectivity index (χ1n) is 14.2. The van der Waals surface area contributed by atoms with E-state index in [4.69, 9.17) is 14.5 Å². The Balaban J connectivity index is 1.35. The van der Waals surface area contributed by atoms with Gasteiger partial charge in [0.1, 0.15) is 11.8 Å². The van der Waals surface area contributed by atoms with Gasteiger partial charge in [0, 0.05) is 61.0 Å². The van der Waals surface area contributed by atoms with E-state index in [0.717, 1.165) is 40.0 Å². The third-order valence-electron chi connectivity index (χ3n) is 8.09. The Morgan fingerprint density at radius 3 is 2.64 bits per heavy atom. The van der Waals surface area contributed by atoms with E-state index in [0.29, 0.717) is 36.8 Å². The number of ether oxygens (including phenoxy) is 2. The SMILES string of the molecule is Cc1cc(N(C)CCN(C)C)c([N+](=O)[O-])cc1Nc1nccc(-c2c3n(c4ccccc24)CC2OC(C)(C)OC2C3)n1. The number of aromatic nitrogens is 3. The number of likely N-dealkylation sites (N-methyl/N-ethyl adjacent to an activating group) is 2. The molecule has 0 amide bonds. The van der Waals surface area contributed by atoms with E-state index in [1.807, 2.05) is 71.1 Å². The number of para-hydroxylation sites is 1. The minimum atomic E-state index is -0.613. The highest BCUT2D eigenvalue weighted by Crippen LogP contribution is 2.42. The number of hydrogen-bond donors (Lipinski definition) is 1. The van der Waals surface area contributed by atoms with Crippen molar-refractivity contribution in [3.63, 3.8) is 0 Å². The van der Waals surface area contributed by atoms with Crippen LogP contribution in [-0.4, -0.2) is 76.6 Å². The van der Waals surface area contributed by atoms with Gasteiger partial charge in [-0.3, -0.25) is 10.1 Å². The number of rotatable bonds is 8. The number of nitro benzene ring substituents is 1. The second-order valence-electron chi connectivity index (χ2n) is 11.9. The molecule has 11 heteroatoms. The fourth-order valence-electron chi connectivity index (χ4n) is 6.09. The van der Waals surface area contributed by atoms with Crippen molar-refractivity contribution in [2.75, 3.05) is 44.4 Å². The van der Waals surface area contributed by atoms with Crippen LogP contribution in [0.3, 0.4) is 0 Å². The van der Waals surface area contributed by atoms with Crippen LogP contribution in [0.5, 0.6) is 0 Å². The van der Waals surface area contributed by atoms with Crippen LogP contribution >= 0.6 is 0 Å². The molecule has 4 heterocycles. The zero-order valence-electron chi connectivity index (χ0n) is 24.9. The molecule has 6 rings (SSSR count). The number of fused-ring (bicyclic) bond motifs is 4. The van der Waals surface area contributed by atoms with Crippen LogP contribution in [0.1, 0.15) is 25.1 Å². The molecule has 0 bridgehead atoms. The standard InChI is InChI=1S/C31H37N7O4/c1-19-15-24(36(6)14-13-35(4)5)25(38(39)40)16-22(19)34-30-32-12-11-21(33-30)29-20-9-7-8-10-23(20)37-18-28-27(17-26(29)37)41-31(2,3)42-28/h7-12,15-16,27-28H,13-14,17-18H2,1-6H3,(H,32,33,34). The summed E-state index contributed by atoms with van der Waals surface area (Å²) in [5.41, 5.74) is 6.16. The molecule has 1 fully saturated rings. The summed E-state index contributed by atoms with van der Waals surface area (Å²) in [4.78, 5) is 25.1. The lowest BCUT2D eigenvalue weighted by Gasteiger charge is -2.26. The quantitative estimate of drug-likeness (QED) is 0.227. The van der Waals surface area contributed by atoms with Gasteiger partial charge in [-0.25, -0.2) is 9.97 Å². The summed E-state index contributed by atoms with van der Waals surface area (Å²) >= 11 is 0. The van der Waals surface area contributed by atoms with Crippen LogP contribution in [0.15, 0.2) is 48.7 Å². The average Bonchev–Trinajstić information content (AvgIpc) is 3.42. The molecule has 4 aromatic rings. The topological polar surface area (TPSA) is 111 Å². The molecule has 42 heavy (non-hydrogen) atoms. The van der Waals surface area contributed by atoms with Crippen LogP contribution in [0.4, 0.5) is 23.0 Å². The number of anilines is 3. The molecule has 2 unspecified atom stereocenters. The monoisotopic (exact) mass is 571 g/mol. The van der Waals surface area contributed by atoms with Crippen LogP contribution in [0.2, 0.25) is 0 Å². The molecule has 0 aliphatic carbocycles. The Kier molecular flexibility index (Phi) is 7.12. The zero-order chi connectivity index (χ0) is 29.8. The van der Waals surface area contributed by atoms with E-state index < -0.39 is 5.79 Å². The molecular formula is C31H37N7O4. The van der Waals surface area contributed by atoms with Crippen molar-refractivity contribution in [1.29, 1.82) is 0 Å². The molecular weight excluding hydrogens is 534 g/mol. The first-order valence-corrected chi connectivity index (χ1v) is 14.2. The molecule has 0 radical (unpaired) electrons. The lowest BCUT2D eigenvalue weighted by Crippen LogP contribution is -2.35. The maximum Gasteiger partial charge on any atom is 0.294 e. The summed E-state index contributed by atoms with van der Waals surface area (Å²) in [5.74, 6) is -0.240. The van der Waals surface area contributed by atoms with Crippen LogP contribution in [-0.2, 0) is 22.4 Å². The van der Waals surface area contributed by atoms with Gasteiger partial charge < -0.3 is 29.2 Å². The predicted molar refractivity (Wildman–Crippen MR) is 163 cm³/mol. The molecule has 220 valence electrons. The Labute approximate surface area is 245 Å². The van der Waals surface area contributed by atoms with E-state index in [1.54, 1.807) is 12.3 Å². The van der Waals surface area contributed by atoms with Crippen molar-refractivity contribution in [2.24, 2.45) is 0 Å². The van der Waals surface area contributed by atoms with E-state index in [-0.39, 0.29) is 22.8 Å². The number of nitrogens with zero attached hydrogens (tertiary/aromatic N) is 6. The minimum absolute atomic E-state index is 0.0116. The molecule has 2 aromatic carbocycles. The van der Waals surface area contributed by atoms with Gasteiger partial charge in [0.2, 0.25) is 5.95 Å². The first-order chi connectivity index (χ1) is 20.0. The van der Waals surface area contributed by atoms with E-state index in [2.05, 4.69) is 31.9 Å². The molecule has 1 saturated heterocycles. The van der Waals surface area contributed by atoms with Crippen LogP contribution in [0.25, 0.3) is 22.2 Å². The number of hydrogen-bond acceptors (Lipinski definition) is 9. The fraction of sp³-hybridized carbons (Fsp3) is 0.419. The largest absolute Gasteiger partial charge is 0.368 e. The molecule has 2 aliphatic rings. The molecule has 2 aromatic heterocycles. The van der Waals surface area contributed by atoms with Crippen molar-refractivity contribution >= 4 is 33.9 Å². The summed E-state index contributed by atoms with van der Waals surface area (Å²) in [6, 6.07) is 13.7. The van der Waals surface area contributed by atoms with E-state index in [9.17, 15) is 10.1 Å². The molecule has 2 aliphatic heterocycles. The second-order valence-corrected chi connectivity index (χ2v) is 11.9. The van der Waals surface area contributed by atoms with Gasteiger partial charge in [-0.05, 0) is 58.6 Å². The van der Waals surface area contributed by atoms with Crippen molar-refractivity contribution in [2.45, 2.75) is 51.7 Å². The van der Waals surface area contributed by atoms with Crippen LogP contribution < -0.4 is 10.2 Å². The van der Waals surface area contributed by atoms with Crippen molar-refractivity contribution < 1.29 is 14.4 Å². The summed E-state index contributed by atoms with van der Waals surface area (Å²) in [6.07, 6.45) is 2.38. The number of benzene rings is 2. The maximum absolute atomic E-state index is 12.1. The Bertz CT molecular complexity index is 1660. The highest BCUT2D eigenvalue weighted by molar-refractivity contribution is 5.97. The van der Waals surface area contributed by atoms with Gasteiger partial charge >= 0.3 is 0 Å². The summed E-state index contributed by atoms with van der Waals surface area (Å²) < 4.78 is 14.8. The second kappa shape index (κ2) is 10.6. The van der Waals surface area contributed by atoms with Crippen molar-refractivity contribution in [3.8, 4) is 11.3 Å². The predicted octanol–water partition coefficient (Wildman–Crippen LogP) is 5.13. The molecule has 2 atom stereocenters. The summed E-state index contributed by atoms with van der Waals surface area (Å²) in [7, 11) is 5.84. The summed E-state index contributed by atoms with van der Waals surface area (Å²) in [5, 5.41) is 16.4. The molecule has 0 saturated carbocycles. The van der Waals surface area contributed by atoms with Gasteiger partial charge in [0.15, 0.2) is 5.79 Å². The minimum Gasteiger partial charge on any atom is -0.368 e. The Morgan fingerprint density at radius 2 is 1.88 bits per heavy atom. The molecule has 0 spiro atoms. The third kappa shape index (κ3) is 5.19. The Morgan fingerprint density at radius 1 is 1.12 bits per heavy atom. The first kappa shape index (κ1) is 28.1. The average molecular weight is 572 g/mol. The normalized spacial score (nSPS) is 19.1. The van der Waals surface area contributed by atoms with Crippen molar-refractivity contribution in [1.82, 2.24) is 19.4 Å². The van der Waals surface area contributed by atoms with E-state index >= 15 is 0 Å². The van der Waals surface area contributed by atoms with Crippen molar-refractivity contribution in [3.05, 3.63) is 70.0 Å². The lowest BCUT2D eigenvalue weighted by molar-refractivity contribution is -0.384. The zero-order valence-corrected chi connectivity index (χ0v) is 24.9. The number of aryl methyl sites for hydroxylation is 1. The fourth-order valence-corrected chi connectivity index (χ4v) is 6.09. The van der Waals surface area contributed by atoms with Gasteiger partial charge in [0.25, 0.3) is 5.69 Å². The van der Waals surface area contributed by atoms with Gasteiger partial charge in [0.05, 0.1) is 29.0 Å².